The average Bonchev–Trinajstić information content (AvgIpc) is 3.05. The molecule has 0 radical (unpaired) electrons. The van der Waals surface area contributed by atoms with Gasteiger partial charge in [0.05, 0.1) is 24.8 Å². The van der Waals surface area contributed by atoms with E-state index >= 15 is 0 Å². The third-order valence-electron chi connectivity index (χ3n) is 8.88. The summed E-state index contributed by atoms with van der Waals surface area (Å²) in [6.07, 6.45) is 27.1. The lowest BCUT2D eigenvalue weighted by molar-refractivity contribution is -0.244. The van der Waals surface area contributed by atoms with Crippen LogP contribution in [0.2, 0.25) is 0 Å². The molecule has 0 saturated carbocycles. The molecule has 10 heteroatoms. The van der Waals surface area contributed by atoms with Gasteiger partial charge in [-0.3, -0.25) is 9.59 Å². The van der Waals surface area contributed by atoms with Crippen LogP contribution in [-0.4, -0.2) is 82.3 Å². The number of aliphatic hydroxyl groups excluding tert-OH is 1. The number of carbonyl (C=O) groups is 3. The first kappa shape index (κ1) is 40.5. The highest BCUT2D eigenvalue weighted by molar-refractivity contribution is 8.76. The van der Waals surface area contributed by atoms with Crippen LogP contribution in [-0.2, 0) is 23.9 Å². The molecule has 0 aliphatic carbocycles. The fourth-order valence-corrected chi connectivity index (χ4v) is 8.22. The Hall–Kier alpha value is -2.97. The Bertz CT molecular complexity index is 1360. The summed E-state index contributed by atoms with van der Waals surface area (Å²) in [6.45, 7) is 11.3. The Balaban J connectivity index is 1.58. The van der Waals surface area contributed by atoms with Crippen molar-refractivity contribution < 1.29 is 29.0 Å². The van der Waals surface area contributed by atoms with Gasteiger partial charge in [-0.2, -0.15) is 0 Å². The molecule has 2 saturated heterocycles. The molecule has 0 aromatic rings. The van der Waals surface area contributed by atoms with Gasteiger partial charge in [0.15, 0.2) is 0 Å². The molecule has 3 heterocycles. The van der Waals surface area contributed by atoms with Crippen LogP contribution in [0.15, 0.2) is 71.9 Å². The minimum Gasteiger partial charge on any atom is -0.455 e. The number of rotatable bonds is 17. The number of nitrogens with one attached hydrogen (secondary N) is 1. The number of aliphatic hydroxyl groups is 1. The molecule has 8 nitrogen and oxygen atoms in total. The zero-order valence-electron chi connectivity index (χ0n) is 29.6. The van der Waals surface area contributed by atoms with E-state index in [9.17, 15) is 19.5 Å². The summed E-state index contributed by atoms with van der Waals surface area (Å²) in [6, 6.07) is -0.275. The average molecular weight is 711 g/mol. The summed E-state index contributed by atoms with van der Waals surface area (Å²) in [5, 5.41) is 13.9. The number of ether oxygens (including phenoxy) is 2. The van der Waals surface area contributed by atoms with E-state index in [1.54, 1.807) is 21.6 Å². The number of esters is 1. The first-order chi connectivity index (χ1) is 23.5. The van der Waals surface area contributed by atoms with E-state index in [1.165, 1.54) is 11.6 Å². The summed E-state index contributed by atoms with van der Waals surface area (Å²) >= 11 is 0. The second kappa shape index (κ2) is 20.6. The van der Waals surface area contributed by atoms with E-state index in [-0.39, 0.29) is 42.0 Å². The number of allylic oxidation sites excluding steroid dienone is 7. The molecule has 0 bridgehead atoms. The van der Waals surface area contributed by atoms with Crippen LogP contribution in [0.4, 0.5) is 0 Å². The molecule has 2 amide bonds. The number of carbonyl (C=O) groups excluding carboxylic acids is 3. The highest BCUT2D eigenvalue weighted by atomic mass is 33.1. The third kappa shape index (κ3) is 13.0. The van der Waals surface area contributed by atoms with E-state index in [4.69, 9.17) is 15.9 Å². The molecular formula is C39H54N2O6S2. The largest absolute Gasteiger partial charge is 0.455 e. The molecule has 0 aromatic heterocycles. The quantitative estimate of drug-likeness (QED) is 0.0441. The first-order valence-electron chi connectivity index (χ1n) is 17.3. The van der Waals surface area contributed by atoms with Gasteiger partial charge in [-0.25, -0.2) is 4.79 Å². The van der Waals surface area contributed by atoms with Gasteiger partial charge in [0.25, 0.3) is 0 Å². The zero-order valence-corrected chi connectivity index (χ0v) is 31.3. The van der Waals surface area contributed by atoms with E-state index in [0.29, 0.717) is 56.9 Å². The van der Waals surface area contributed by atoms with E-state index in [2.05, 4.69) is 50.2 Å². The molecule has 7 atom stereocenters. The molecule has 49 heavy (non-hydrogen) atoms. The number of terminal acetylenes is 1. The van der Waals surface area contributed by atoms with Crippen molar-refractivity contribution in [3.05, 3.63) is 71.9 Å². The van der Waals surface area contributed by atoms with Crippen LogP contribution < -0.4 is 5.32 Å². The SMILES string of the molecule is C#CCCC(=O)NCCSSCCC(=O)N1C[C@]2(C[C@@H](O)[C@H](C)[C@H](/C=C/C)O2)[C@H]1/C=C/C=C(\C)C[C@@H](C)/C=C(C)\C=C\[C@H]1CC=CC(=O)O1. The highest BCUT2D eigenvalue weighted by Crippen LogP contribution is 2.45. The van der Waals surface area contributed by atoms with Gasteiger partial charge in [-0.1, -0.05) is 95.2 Å². The summed E-state index contributed by atoms with van der Waals surface area (Å²) in [5.41, 5.74) is 1.69. The monoisotopic (exact) mass is 710 g/mol. The minimum atomic E-state index is -0.633. The molecule has 2 fully saturated rings. The molecule has 0 aromatic carbocycles. The molecule has 2 N–H and O–H groups in total. The maximum absolute atomic E-state index is 13.4. The molecule has 1 spiro atoms. The third-order valence-corrected chi connectivity index (χ3v) is 11.3. The molecular weight excluding hydrogens is 657 g/mol. The predicted octanol–water partition coefficient (Wildman–Crippen LogP) is 6.50. The highest BCUT2D eigenvalue weighted by Gasteiger charge is 2.58. The fraction of sp³-hybridized carbons (Fsp3) is 0.564. The lowest BCUT2D eigenvalue weighted by Gasteiger charge is -2.60. The lowest BCUT2D eigenvalue weighted by Crippen LogP contribution is -2.75. The van der Waals surface area contributed by atoms with Gasteiger partial charge in [0.1, 0.15) is 11.7 Å². The Labute approximate surface area is 301 Å². The molecule has 3 aliphatic heterocycles. The van der Waals surface area contributed by atoms with Crippen LogP contribution >= 0.6 is 21.6 Å². The predicted molar refractivity (Wildman–Crippen MR) is 202 cm³/mol. The number of hydrogen-bond acceptors (Lipinski definition) is 8. The number of nitrogens with zero attached hydrogens (tertiary/aromatic N) is 1. The van der Waals surface area contributed by atoms with Crippen LogP contribution in [0.3, 0.4) is 0 Å². The van der Waals surface area contributed by atoms with Crippen molar-refractivity contribution in [1.29, 1.82) is 0 Å². The van der Waals surface area contributed by atoms with Crippen LogP contribution in [0.25, 0.3) is 0 Å². The minimum absolute atomic E-state index is 0.0313. The maximum atomic E-state index is 13.4. The van der Waals surface area contributed by atoms with Crippen LogP contribution in [0.5, 0.6) is 0 Å². The Morgan fingerprint density at radius 2 is 2.00 bits per heavy atom. The van der Waals surface area contributed by atoms with Crippen molar-refractivity contribution in [3.8, 4) is 12.3 Å². The Kier molecular flexibility index (Phi) is 17.0. The number of amides is 2. The fourth-order valence-electron chi connectivity index (χ4n) is 6.33. The molecule has 3 rings (SSSR count). The molecule has 0 unspecified atom stereocenters. The normalized spacial score (nSPS) is 28.2. The van der Waals surface area contributed by atoms with Gasteiger partial charge < -0.3 is 24.8 Å². The van der Waals surface area contributed by atoms with Gasteiger partial charge in [-0.05, 0) is 39.2 Å². The van der Waals surface area contributed by atoms with E-state index in [0.717, 1.165) is 17.7 Å². The van der Waals surface area contributed by atoms with E-state index in [1.807, 2.05) is 55.2 Å². The number of likely N-dealkylation sites (tertiary alicyclic amines) is 1. The Morgan fingerprint density at radius 3 is 2.73 bits per heavy atom. The topological polar surface area (TPSA) is 105 Å². The lowest BCUT2D eigenvalue weighted by atomic mass is 9.73. The van der Waals surface area contributed by atoms with Crippen LogP contribution in [0.1, 0.15) is 73.1 Å². The second-order valence-electron chi connectivity index (χ2n) is 13.2. The summed E-state index contributed by atoms with van der Waals surface area (Å²) in [7, 11) is 3.26. The van der Waals surface area contributed by atoms with E-state index < -0.39 is 11.7 Å². The Morgan fingerprint density at radius 1 is 1.22 bits per heavy atom. The smallest absolute Gasteiger partial charge is 0.331 e. The van der Waals surface area contributed by atoms with Crippen molar-refractivity contribution >= 4 is 39.4 Å². The van der Waals surface area contributed by atoms with Crippen molar-refractivity contribution in [2.75, 3.05) is 24.6 Å². The zero-order chi connectivity index (χ0) is 35.8. The van der Waals surface area contributed by atoms with Crippen molar-refractivity contribution in [1.82, 2.24) is 10.2 Å². The van der Waals surface area contributed by atoms with Crippen molar-refractivity contribution in [2.45, 2.75) is 103 Å². The summed E-state index contributed by atoms with van der Waals surface area (Å²) < 4.78 is 12.0. The van der Waals surface area contributed by atoms with Gasteiger partial charge >= 0.3 is 5.97 Å². The molecule has 3 aliphatic rings. The number of hydrogen-bond donors (Lipinski definition) is 2. The molecule has 268 valence electrons. The number of cyclic esters (lactones) is 1. The van der Waals surface area contributed by atoms with Crippen molar-refractivity contribution in [2.24, 2.45) is 11.8 Å². The summed E-state index contributed by atoms with van der Waals surface area (Å²) in [5.74, 6) is 3.88. The van der Waals surface area contributed by atoms with Crippen molar-refractivity contribution in [3.63, 3.8) is 0 Å². The standard InChI is InChI=1S/C39H54N2O6S2/c1-7-9-16-36(43)40-21-23-49-48-22-20-37(44)41-27-39(26-33(42)31(6)34(47-39)12-8-2)35(41)15-10-13-28(3)24-30(5)25-29(4)18-19-32-14-11-17-38(45)46-32/h1,8,10-13,15,17-19,25,30-35,42H,9,14,16,20-24,26-27H2,2-6H3,(H,40,43)/b12-8+,15-10+,19-18+,28-13+,29-25-/t30-,31+,32-,33-,34+,35-,39-/m1/s1. The first-order valence-corrected chi connectivity index (χ1v) is 19.8. The maximum Gasteiger partial charge on any atom is 0.331 e. The second-order valence-corrected chi connectivity index (χ2v) is 15.9. The van der Waals surface area contributed by atoms with Gasteiger partial charge in [0, 0.05) is 62.1 Å². The van der Waals surface area contributed by atoms with Gasteiger partial charge in [0.2, 0.25) is 11.8 Å². The van der Waals surface area contributed by atoms with Gasteiger partial charge in [-0.15, -0.1) is 12.3 Å². The summed E-state index contributed by atoms with van der Waals surface area (Å²) in [4.78, 5) is 38.5. The van der Waals surface area contributed by atoms with Crippen LogP contribution in [0, 0.1) is 24.2 Å².